The molecule has 0 radical (unpaired) electrons. The Morgan fingerprint density at radius 3 is 2.77 bits per heavy atom. The van der Waals surface area contributed by atoms with E-state index in [0.29, 0.717) is 24.5 Å². The van der Waals surface area contributed by atoms with Gasteiger partial charge in [-0.3, -0.25) is 4.79 Å². The highest BCUT2D eigenvalue weighted by atomic mass is 79.9. The number of halogens is 1. The first-order valence-corrected chi connectivity index (χ1v) is 6.00. The minimum atomic E-state index is 0.337. The van der Waals surface area contributed by atoms with Gasteiger partial charge in [0, 0.05) is 27.6 Å². The first-order valence-electron chi connectivity index (χ1n) is 4.32. The maximum absolute atomic E-state index is 11.4. The van der Waals surface area contributed by atoms with E-state index in [9.17, 15) is 4.79 Å². The maximum Gasteiger partial charge on any atom is 0.138 e. The topological polar surface area (TPSA) is 17.1 Å². The fraction of sp³-hybridized carbons (Fsp3) is 0.500. The van der Waals surface area contributed by atoms with Gasteiger partial charge in [0.05, 0.1) is 0 Å². The lowest BCUT2D eigenvalue weighted by Crippen LogP contribution is -2.04. The number of carbonyl (C=O) groups excluding carboxylic acids is 1. The van der Waals surface area contributed by atoms with Crippen LogP contribution in [0.25, 0.3) is 0 Å². The molecule has 72 valence electrons. The van der Waals surface area contributed by atoms with E-state index in [2.05, 4.69) is 29.8 Å². The number of carbonyl (C=O) groups is 1. The van der Waals surface area contributed by atoms with Crippen LogP contribution in [0.2, 0.25) is 0 Å². The normalized spacial score (nSPS) is 10.8. The Balaban J connectivity index is 2.45. The van der Waals surface area contributed by atoms with Crippen molar-refractivity contribution in [1.29, 1.82) is 0 Å². The van der Waals surface area contributed by atoms with E-state index in [4.69, 9.17) is 0 Å². The van der Waals surface area contributed by atoms with Gasteiger partial charge in [-0.15, -0.1) is 11.3 Å². The van der Waals surface area contributed by atoms with Crippen molar-refractivity contribution >= 4 is 33.0 Å². The third kappa shape index (κ3) is 4.05. The molecule has 0 atom stereocenters. The van der Waals surface area contributed by atoms with Crippen LogP contribution >= 0.6 is 27.3 Å². The average molecular weight is 261 g/mol. The molecule has 1 aromatic rings. The molecule has 0 bridgehead atoms. The molecule has 1 nitrogen and oxygen atoms in total. The number of hydrogen-bond acceptors (Lipinski definition) is 2. The third-order valence-corrected chi connectivity index (χ3v) is 3.33. The molecule has 0 saturated heterocycles. The molecule has 0 aromatic carbocycles. The summed E-state index contributed by atoms with van der Waals surface area (Å²) < 4.78 is 1.07. The van der Waals surface area contributed by atoms with Crippen molar-refractivity contribution < 1.29 is 4.79 Å². The van der Waals surface area contributed by atoms with Crippen LogP contribution < -0.4 is 0 Å². The summed E-state index contributed by atoms with van der Waals surface area (Å²) >= 11 is 5.01. The van der Waals surface area contributed by atoms with Crippen molar-refractivity contribution in [3.05, 3.63) is 20.8 Å². The minimum absolute atomic E-state index is 0.337. The summed E-state index contributed by atoms with van der Waals surface area (Å²) in [6.45, 7) is 4.14. The molecule has 0 amide bonds. The van der Waals surface area contributed by atoms with Crippen molar-refractivity contribution in [3.63, 3.8) is 0 Å². The molecule has 13 heavy (non-hydrogen) atoms. The number of Topliss-reactive ketones (excluding diaryl/α,β-unsaturated/α-hetero) is 1. The van der Waals surface area contributed by atoms with Crippen molar-refractivity contribution in [1.82, 2.24) is 0 Å². The van der Waals surface area contributed by atoms with Gasteiger partial charge in [0.2, 0.25) is 0 Å². The quantitative estimate of drug-likeness (QED) is 0.808. The Bertz CT molecular complexity index is 291. The van der Waals surface area contributed by atoms with Gasteiger partial charge in [0.1, 0.15) is 5.78 Å². The zero-order valence-corrected chi connectivity index (χ0v) is 10.2. The standard InChI is InChI=1S/C10H13BrOS/c1-7(2)3-9(12)5-10-4-8(11)6-13-10/h4,6-7H,3,5H2,1-2H3. The third-order valence-electron chi connectivity index (χ3n) is 1.63. The van der Waals surface area contributed by atoms with Gasteiger partial charge < -0.3 is 0 Å². The second-order valence-electron chi connectivity index (χ2n) is 3.54. The van der Waals surface area contributed by atoms with Gasteiger partial charge >= 0.3 is 0 Å². The maximum atomic E-state index is 11.4. The molecule has 0 N–H and O–H groups in total. The molecular formula is C10H13BrOS. The molecule has 0 aliphatic carbocycles. The number of thiophene rings is 1. The van der Waals surface area contributed by atoms with Crippen LogP contribution in [0.1, 0.15) is 25.1 Å². The second-order valence-corrected chi connectivity index (χ2v) is 5.46. The Morgan fingerprint density at radius 2 is 2.31 bits per heavy atom. The summed E-state index contributed by atoms with van der Waals surface area (Å²) in [6, 6.07) is 2.02. The van der Waals surface area contributed by atoms with Gasteiger partial charge in [-0.25, -0.2) is 0 Å². The van der Waals surface area contributed by atoms with Crippen molar-refractivity contribution in [2.75, 3.05) is 0 Å². The minimum Gasteiger partial charge on any atom is -0.299 e. The predicted octanol–water partition coefficient (Wildman–Crippen LogP) is 3.67. The largest absolute Gasteiger partial charge is 0.299 e. The molecule has 1 heterocycles. The van der Waals surface area contributed by atoms with Gasteiger partial charge in [0.15, 0.2) is 0 Å². The molecule has 0 unspecified atom stereocenters. The van der Waals surface area contributed by atoms with E-state index >= 15 is 0 Å². The Hall–Kier alpha value is -0.150. The van der Waals surface area contributed by atoms with Crippen LogP contribution in [-0.4, -0.2) is 5.78 Å². The second kappa shape index (κ2) is 4.91. The monoisotopic (exact) mass is 260 g/mol. The fourth-order valence-electron chi connectivity index (χ4n) is 1.17. The smallest absolute Gasteiger partial charge is 0.138 e. The summed E-state index contributed by atoms with van der Waals surface area (Å²) in [4.78, 5) is 12.6. The molecular weight excluding hydrogens is 248 g/mol. The van der Waals surface area contributed by atoms with Crippen molar-refractivity contribution in [2.24, 2.45) is 5.92 Å². The van der Waals surface area contributed by atoms with Crippen LogP contribution in [0, 0.1) is 5.92 Å². The number of ketones is 1. The molecule has 1 rings (SSSR count). The molecule has 0 fully saturated rings. The first-order chi connectivity index (χ1) is 6.08. The first kappa shape index (κ1) is 10.9. The average Bonchev–Trinajstić information content (AvgIpc) is 2.33. The van der Waals surface area contributed by atoms with Crippen LogP contribution in [0.4, 0.5) is 0 Å². The predicted molar refractivity (Wildman–Crippen MR) is 60.2 cm³/mol. The van der Waals surface area contributed by atoms with E-state index in [1.807, 2.05) is 11.4 Å². The van der Waals surface area contributed by atoms with Gasteiger partial charge in [-0.05, 0) is 27.9 Å². The highest BCUT2D eigenvalue weighted by Gasteiger charge is 2.07. The SMILES string of the molecule is CC(C)CC(=O)Cc1cc(Br)cs1. The lowest BCUT2D eigenvalue weighted by atomic mass is 10.0. The highest BCUT2D eigenvalue weighted by Crippen LogP contribution is 2.20. The van der Waals surface area contributed by atoms with E-state index in [1.165, 1.54) is 0 Å². The van der Waals surface area contributed by atoms with E-state index < -0.39 is 0 Å². The summed E-state index contributed by atoms with van der Waals surface area (Å²) in [7, 11) is 0. The summed E-state index contributed by atoms with van der Waals surface area (Å²) in [5, 5.41) is 2.01. The number of hydrogen-bond donors (Lipinski definition) is 0. The van der Waals surface area contributed by atoms with Crippen LogP contribution in [0.3, 0.4) is 0 Å². The number of rotatable bonds is 4. The fourth-order valence-corrected chi connectivity index (χ4v) is 2.65. The van der Waals surface area contributed by atoms with Gasteiger partial charge in [0.25, 0.3) is 0 Å². The summed E-state index contributed by atoms with van der Waals surface area (Å²) in [6.07, 6.45) is 1.28. The van der Waals surface area contributed by atoms with Crippen LogP contribution in [0.15, 0.2) is 15.9 Å². The van der Waals surface area contributed by atoms with E-state index in [1.54, 1.807) is 11.3 Å². The molecule has 0 aliphatic heterocycles. The molecule has 0 spiro atoms. The van der Waals surface area contributed by atoms with Crippen molar-refractivity contribution in [3.8, 4) is 0 Å². The van der Waals surface area contributed by atoms with Crippen LogP contribution in [0.5, 0.6) is 0 Å². The highest BCUT2D eigenvalue weighted by molar-refractivity contribution is 9.10. The van der Waals surface area contributed by atoms with Gasteiger partial charge in [-0.2, -0.15) is 0 Å². The molecule has 3 heteroatoms. The summed E-state index contributed by atoms with van der Waals surface area (Å²) in [5.41, 5.74) is 0. The molecule has 0 saturated carbocycles. The zero-order chi connectivity index (χ0) is 9.84. The zero-order valence-electron chi connectivity index (χ0n) is 7.84. The Kier molecular flexibility index (Phi) is 4.13. The van der Waals surface area contributed by atoms with Crippen molar-refractivity contribution in [2.45, 2.75) is 26.7 Å². The molecule has 0 aliphatic rings. The molecule has 1 aromatic heterocycles. The van der Waals surface area contributed by atoms with Gasteiger partial charge in [-0.1, -0.05) is 13.8 Å². The lowest BCUT2D eigenvalue weighted by molar-refractivity contribution is -0.119. The Morgan fingerprint density at radius 1 is 1.62 bits per heavy atom. The van der Waals surface area contributed by atoms with Crippen LogP contribution in [-0.2, 0) is 11.2 Å². The Labute approximate surface area is 91.3 Å². The lowest BCUT2D eigenvalue weighted by Gasteiger charge is -2.01. The van der Waals surface area contributed by atoms with E-state index in [0.717, 1.165) is 9.35 Å². The van der Waals surface area contributed by atoms with E-state index in [-0.39, 0.29) is 0 Å². The summed E-state index contributed by atoms with van der Waals surface area (Å²) in [5.74, 6) is 0.806.